The van der Waals surface area contributed by atoms with E-state index in [9.17, 15) is 4.79 Å². The lowest BCUT2D eigenvalue weighted by molar-refractivity contribution is -0.128. The van der Waals surface area contributed by atoms with Crippen LogP contribution in [-0.2, 0) is 4.79 Å². The first-order valence-electron chi connectivity index (χ1n) is 8.28. The van der Waals surface area contributed by atoms with E-state index in [1.165, 1.54) is 0 Å². The van der Waals surface area contributed by atoms with Crippen molar-refractivity contribution in [3.63, 3.8) is 0 Å². The molecule has 7 nitrogen and oxygen atoms in total. The number of aromatic nitrogens is 2. The van der Waals surface area contributed by atoms with E-state index in [1.54, 1.807) is 13.2 Å². The van der Waals surface area contributed by atoms with Crippen molar-refractivity contribution in [1.82, 2.24) is 20.6 Å². The van der Waals surface area contributed by atoms with E-state index in [-0.39, 0.29) is 17.9 Å². The summed E-state index contributed by atoms with van der Waals surface area (Å²) in [5, 5.41) is 10.3. The molecule has 0 spiro atoms. The van der Waals surface area contributed by atoms with Gasteiger partial charge in [0.25, 0.3) is 0 Å². The molecule has 3 rings (SSSR count). The number of benzene rings is 1. The number of hydrogen-bond acceptors (Lipinski definition) is 6. The molecule has 25 heavy (non-hydrogen) atoms. The van der Waals surface area contributed by atoms with Crippen LogP contribution in [-0.4, -0.2) is 35.3 Å². The van der Waals surface area contributed by atoms with Crippen molar-refractivity contribution in [3.8, 4) is 5.75 Å². The largest absolute Gasteiger partial charge is 0.497 e. The fourth-order valence-corrected chi connectivity index (χ4v) is 3.05. The van der Waals surface area contributed by atoms with Gasteiger partial charge in [-0.1, -0.05) is 6.08 Å². The highest BCUT2D eigenvalue weighted by Gasteiger charge is 2.32. The van der Waals surface area contributed by atoms with E-state index < -0.39 is 6.29 Å². The number of ether oxygens (including phenoxy) is 1. The van der Waals surface area contributed by atoms with Gasteiger partial charge in [-0.25, -0.2) is 9.97 Å². The summed E-state index contributed by atoms with van der Waals surface area (Å²) in [6.45, 7) is 7.62. The van der Waals surface area contributed by atoms with Crippen molar-refractivity contribution in [2.45, 2.75) is 32.6 Å². The van der Waals surface area contributed by atoms with Crippen LogP contribution in [0.2, 0.25) is 0 Å². The molecule has 3 atom stereocenters. The fraction of sp³-hybridized carbons (Fsp3) is 0.389. The Morgan fingerprint density at radius 2 is 2.20 bits per heavy atom. The maximum atomic E-state index is 12.3. The summed E-state index contributed by atoms with van der Waals surface area (Å²) in [4.78, 5) is 21.3. The van der Waals surface area contributed by atoms with Crippen LogP contribution in [0, 0.1) is 12.8 Å². The molecule has 2 aromatic rings. The van der Waals surface area contributed by atoms with Crippen molar-refractivity contribution >= 4 is 22.8 Å². The second kappa shape index (κ2) is 7.06. The van der Waals surface area contributed by atoms with Crippen LogP contribution in [0.1, 0.15) is 19.0 Å². The lowest BCUT2D eigenvalue weighted by atomic mass is 9.94. The Morgan fingerprint density at radius 1 is 1.40 bits per heavy atom. The molecule has 1 aliphatic rings. The molecule has 1 aromatic carbocycles. The molecule has 1 fully saturated rings. The molecule has 3 N–H and O–H groups in total. The normalized spacial score (nSPS) is 23.2. The summed E-state index contributed by atoms with van der Waals surface area (Å²) in [7, 11) is 1.63. The Bertz CT molecular complexity index is 807. The number of carbonyl (C=O) groups excluding carboxylic acids is 1. The van der Waals surface area contributed by atoms with E-state index in [0.29, 0.717) is 12.4 Å². The predicted molar refractivity (Wildman–Crippen MR) is 97.3 cm³/mol. The molecule has 3 unspecified atom stereocenters. The van der Waals surface area contributed by atoms with E-state index in [1.807, 2.05) is 32.0 Å². The van der Waals surface area contributed by atoms with E-state index in [0.717, 1.165) is 22.3 Å². The topological polar surface area (TPSA) is 88.2 Å². The molecule has 1 amide bonds. The van der Waals surface area contributed by atoms with Gasteiger partial charge in [-0.2, -0.15) is 0 Å². The third-order valence-electron chi connectivity index (χ3n) is 4.44. The van der Waals surface area contributed by atoms with Crippen LogP contribution in [0.15, 0.2) is 30.9 Å². The van der Waals surface area contributed by atoms with Crippen LogP contribution < -0.4 is 20.7 Å². The smallest absolute Gasteiger partial charge is 0.227 e. The monoisotopic (exact) mass is 341 g/mol. The van der Waals surface area contributed by atoms with Gasteiger partial charge in [-0.3, -0.25) is 10.1 Å². The Balaban J connectivity index is 1.79. The summed E-state index contributed by atoms with van der Waals surface area (Å²) < 4.78 is 5.25. The Kier molecular flexibility index (Phi) is 4.85. The minimum Gasteiger partial charge on any atom is -0.497 e. The quantitative estimate of drug-likeness (QED) is 0.721. The molecule has 1 saturated heterocycles. The Labute approximate surface area is 146 Å². The van der Waals surface area contributed by atoms with Gasteiger partial charge in [0.15, 0.2) is 6.29 Å². The van der Waals surface area contributed by atoms with Gasteiger partial charge in [0.2, 0.25) is 11.9 Å². The molecule has 0 bridgehead atoms. The van der Waals surface area contributed by atoms with E-state index in [4.69, 9.17) is 4.74 Å². The number of methoxy groups -OCH3 is 1. The number of allylic oxidation sites excluding steroid dienone is 1. The number of nitrogens with zero attached hydrogens (tertiary/aromatic N) is 2. The van der Waals surface area contributed by atoms with Crippen LogP contribution in [0.4, 0.5) is 5.95 Å². The molecule has 0 radical (unpaired) electrons. The summed E-state index contributed by atoms with van der Waals surface area (Å²) in [5.74, 6) is 1.10. The van der Waals surface area contributed by atoms with Crippen molar-refractivity contribution in [2.24, 2.45) is 5.92 Å². The number of rotatable bonds is 5. The molecular weight excluding hydrogens is 318 g/mol. The van der Waals surface area contributed by atoms with Crippen molar-refractivity contribution < 1.29 is 9.53 Å². The molecule has 0 saturated carbocycles. The fourth-order valence-electron chi connectivity index (χ4n) is 3.05. The zero-order valence-electron chi connectivity index (χ0n) is 14.7. The predicted octanol–water partition coefficient (Wildman–Crippen LogP) is 1.94. The number of amides is 1. The molecular formula is C18H23N5O2. The average molecular weight is 341 g/mol. The van der Waals surface area contributed by atoms with Gasteiger partial charge in [0.1, 0.15) is 5.75 Å². The van der Waals surface area contributed by atoms with Crippen LogP contribution in [0.5, 0.6) is 5.75 Å². The van der Waals surface area contributed by atoms with Gasteiger partial charge in [-0.05, 0) is 38.5 Å². The number of carbonyl (C=O) groups is 1. The second-order valence-corrected chi connectivity index (χ2v) is 6.19. The first-order chi connectivity index (χ1) is 12.0. The standard InChI is InChI=1S/C18H23N5O2/c1-5-6-13-10(2)19-18(22-16(13)24)23-17-20-11(3)14-9-12(25-4)7-8-15(14)21-17/h5,7-10,13,18-19H,1,6H2,2-4H3,(H,22,24)(H,20,21,23). The van der Waals surface area contributed by atoms with Crippen molar-refractivity contribution in [1.29, 1.82) is 0 Å². The van der Waals surface area contributed by atoms with Gasteiger partial charge in [0.05, 0.1) is 24.2 Å². The van der Waals surface area contributed by atoms with Crippen LogP contribution in [0.3, 0.4) is 0 Å². The molecule has 2 heterocycles. The van der Waals surface area contributed by atoms with Gasteiger partial charge >= 0.3 is 0 Å². The third kappa shape index (κ3) is 3.56. The van der Waals surface area contributed by atoms with E-state index in [2.05, 4.69) is 32.5 Å². The van der Waals surface area contributed by atoms with Crippen LogP contribution >= 0.6 is 0 Å². The molecule has 0 aliphatic carbocycles. The third-order valence-corrected chi connectivity index (χ3v) is 4.44. The number of hydrogen-bond donors (Lipinski definition) is 3. The number of fused-ring (bicyclic) bond motifs is 1. The Hall–Kier alpha value is -2.67. The zero-order valence-corrected chi connectivity index (χ0v) is 14.7. The highest BCUT2D eigenvalue weighted by Crippen LogP contribution is 2.23. The van der Waals surface area contributed by atoms with Crippen LogP contribution in [0.25, 0.3) is 10.9 Å². The number of aryl methyl sites for hydroxylation is 1. The first-order valence-corrected chi connectivity index (χ1v) is 8.28. The minimum atomic E-state index is -0.418. The minimum absolute atomic E-state index is 0.00843. The number of anilines is 1. The summed E-state index contributed by atoms with van der Waals surface area (Å²) in [6, 6.07) is 5.69. The molecule has 1 aromatic heterocycles. The highest BCUT2D eigenvalue weighted by atomic mass is 16.5. The summed E-state index contributed by atoms with van der Waals surface area (Å²) in [6.07, 6.45) is 1.99. The lowest BCUT2D eigenvalue weighted by Crippen LogP contribution is -2.63. The SMILES string of the molecule is C=CCC1C(=O)NC(Nc2nc(C)c3cc(OC)ccc3n2)NC1C. The van der Waals surface area contributed by atoms with Gasteiger partial charge < -0.3 is 15.4 Å². The van der Waals surface area contributed by atoms with Gasteiger partial charge in [-0.15, -0.1) is 6.58 Å². The maximum absolute atomic E-state index is 12.3. The molecule has 1 aliphatic heterocycles. The molecule has 132 valence electrons. The first kappa shape index (κ1) is 17.2. The number of nitrogens with one attached hydrogen (secondary N) is 3. The van der Waals surface area contributed by atoms with E-state index >= 15 is 0 Å². The van der Waals surface area contributed by atoms with Crippen molar-refractivity contribution in [3.05, 3.63) is 36.5 Å². The summed E-state index contributed by atoms with van der Waals surface area (Å²) in [5.41, 5.74) is 1.65. The summed E-state index contributed by atoms with van der Waals surface area (Å²) >= 11 is 0. The lowest BCUT2D eigenvalue weighted by Gasteiger charge is -2.35. The molecule has 7 heteroatoms. The van der Waals surface area contributed by atoms with Gasteiger partial charge in [0, 0.05) is 11.4 Å². The maximum Gasteiger partial charge on any atom is 0.227 e. The van der Waals surface area contributed by atoms with Crippen molar-refractivity contribution in [2.75, 3.05) is 12.4 Å². The highest BCUT2D eigenvalue weighted by molar-refractivity contribution is 5.83. The zero-order chi connectivity index (χ0) is 18.0. The Morgan fingerprint density at radius 3 is 2.88 bits per heavy atom. The average Bonchev–Trinajstić information content (AvgIpc) is 2.58. The second-order valence-electron chi connectivity index (χ2n) is 6.19.